The summed E-state index contributed by atoms with van der Waals surface area (Å²) in [5.74, 6) is 0.543. The van der Waals surface area contributed by atoms with Crippen molar-refractivity contribution in [2.45, 2.75) is 149 Å². The predicted molar refractivity (Wildman–Crippen MR) is 299 cm³/mol. The van der Waals surface area contributed by atoms with Crippen LogP contribution in [-0.4, -0.2) is 12.8 Å². The second-order valence-electron chi connectivity index (χ2n) is 25.1. The molecule has 7 aromatic carbocycles. The van der Waals surface area contributed by atoms with Crippen molar-refractivity contribution in [3.05, 3.63) is 173 Å². The van der Waals surface area contributed by atoms with E-state index in [-0.39, 0.29) is 28.4 Å². The number of aryl methyl sites for hydroxylation is 1. The van der Waals surface area contributed by atoms with E-state index in [1.807, 2.05) is 0 Å². The molecule has 1 aliphatic carbocycles. The summed E-state index contributed by atoms with van der Waals surface area (Å²) in [4.78, 5) is 8.01. The first-order valence-corrected chi connectivity index (χ1v) is 25.9. The van der Waals surface area contributed by atoms with E-state index in [4.69, 9.17) is 0 Å². The fraction of sp³-hybridized carbons (Fsp3) is 0.354. The van der Waals surface area contributed by atoms with Crippen LogP contribution in [-0.2, 0) is 21.7 Å². The molecule has 1 fully saturated rings. The highest BCUT2D eigenvalue weighted by Gasteiger charge is 2.51. The lowest BCUT2D eigenvalue weighted by atomic mass is 9.33. The van der Waals surface area contributed by atoms with E-state index in [0.717, 1.165) is 17.1 Å². The van der Waals surface area contributed by atoms with E-state index in [0.29, 0.717) is 12.0 Å². The summed E-state index contributed by atoms with van der Waals surface area (Å²) < 4.78 is 0. The monoisotopic (exact) mass is 906 g/mol. The van der Waals surface area contributed by atoms with Crippen molar-refractivity contribution < 1.29 is 0 Å². The Morgan fingerprint density at radius 3 is 1.65 bits per heavy atom. The second kappa shape index (κ2) is 16.0. The van der Waals surface area contributed by atoms with Crippen molar-refractivity contribution in [2.75, 3.05) is 14.7 Å². The van der Waals surface area contributed by atoms with Crippen LogP contribution in [0.2, 0.25) is 0 Å². The van der Waals surface area contributed by atoms with E-state index in [2.05, 4.69) is 244 Å². The lowest BCUT2D eigenvalue weighted by molar-refractivity contribution is 0.402. The quantitative estimate of drug-likeness (QED) is 0.159. The fourth-order valence-electron chi connectivity index (χ4n) is 12.3. The molecule has 1 saturated carbocycles. The van der Waals surface area contributed by atoms with Crippen molar-refractivity contribution in [1.82, 2.24) is 0 Å². The standard InChI is InChI=1S/C65H72BN3/c1-41-35-58-60-59(36-41)69-55-22-18-17-21-50(55)52-38-46(65(11,12)13)39-54(61(52)69)66(60)53-33-32-49(40-57(53)68(58)56-34-27-45(64(8,9)10)37-51(56)42-19-15-14-16-20-42)67(47-28-23-43(24-29-47)62(2,3)4)48-30-25-44(26-31-48)63(5,6)7/h14-16,19-20,23-40,50,55H,17-18,21-22H2,1-13H3. The van der Waals surface area contributed by atoms with Crippen molar-refractivity contribution in [2.24, 2.45) is 0 Å². The molecular formula is C65H72BN3. The summed E-state index contributed by atoms with van der Waals surface area (Å²) in [6, 6.07) is 55.3. The van der Waals surface area contributed by atoms with Gasteiger partial charge in [-0.25, -0.2) is 0 Å². The first kappa shape index (κ1) is 45.4. The highest BCUT2D eigenvalue weighted by Crippen LogP contribution is 2.55. The average molecular weight is 906 g/mol. The Balaban J connectivity index is 1.22. The number of benzene rings is 7. The molecule has 350 valence electrons. The summed E-state index contributed by atoms with van der Waals surface area (Å²) >= 11 is 0. The van der Waals surface area contributed by atoms with Gasteiger partial charge in [0, 0.05) is 57.3 Å². The molecule has 4 aliphatic rings. The van der Waals surface area contributed by atoms with Gasteiger partial charge in [-0.05, 0) is 157 Å². The normalized spacial score (nSPS) is 17.3. The third-order valence-corrected chi connectivity index (χ3v) is 16.1. The largest absolute Gasteiger partial charge is 0.338 e. The summed E-state index contributed by atoms with van der Waals surface area (Å²) in [7, 11) is 0. The molecule has 0 spiro atoms. The first-order chi connectivity index (χ1) is 32.7. The lowest BCUT2D eigenvalue weighted by Crippen LogP contribution is -2.62. The van der Waals surface area contributed by atoms with E-state index < -0.39 is 0 Å². The zero-order valence-electron chi connectivity index (χ0n) is 43.7. The van der Waals surface area contributed by atoms with Crippen LogP contribution in [0.25, 0.3) is 11.1 Å². The maximum Gasteiger partial charge on any atom is 0.252 e. The Morgan fingerprint density at radius 2 is 1.04 bits per heavy atom. The Morgan fingerprint density at radius 1 is 0.478 bits per heavy atom. The molecule has 4 heteroatoms. The lowest BCUT2D eigenvalue weighted by Gasteiger charge is -2.46. The summed E-state index contributed by atoms with van der Waals surface area (Å²) in [5, 5.41) is 0. The molecule has 0 aromatic heterocycles. The smallest absolute Gasteiger partial charge is 0.252 e. The maximum absolute atomic E-state index is 2.85. The van der Waals surface area contributed by atoms with Crippen LogP contribution >= 0.6 is 0 Å². The van der Waals surface area contributed by atoms with Crippen molar-refractivity contribution in [3.8, 4) is 11.1 Å². The number of hydrogen-bond donors (Lipinski definition) is 0. The number of nitrogens with zero attached hydrogens (tertiary/aromatic N) is 3. The van der Waals surface area contributed by atoms with E-state index >= 15 is 0 Å². The highest BCUT2D eigenvalue weighted by atomic mass is 15.2. The van der Waals surface area contributed by atoms with Crippen LogP contribution in [0.3, 0.4) is 0 Å². The topological polar surface area (TPSA) is 9.72 Å². The van der Waals surface area contributed by atoms with Gasteiger partial charge in [0.15, 0.2) is 0 Å². The Bertz CT molecular complexity index is 3060. The van der Waals surface area contributed by atoms with Crippen LogP contribution in [0.4, 0.5) is 45.5 Å². The average Bonchev–Trinajstić information content (AvgIpc) is 3.64. The van der Waals surface area contributed by atoms with Crippen LogP contribution in [0.15, 0.2) is 140 Å². The Hall–Kier alpha value is -6.00. The SMILES string of the molecule is Cc1cc2c3c(c1)N1c4c(cc(C(C)(C)C)cc4C4CCCCC41)B3c1ccc(N(c3ccc(C(C)(C)C)cc3)c3ccc(C(C)(C)C)cc3)cc1N2c1ccc(C(C)(C)C)cc1-c1ccccc1. The highest BCUT2D eigenvalue weighted by molar-refractivity contribution is 7.00. The Kier molecular flexibility index (Phi) is 10.6. The van der Waals surface area contributed by atoms with Gasteiger partial charge in [-0.1, -0.05) is 175 Å². The zero-order chi connectivity index (χ0) is 48.5. The zero-order valence-corrected chi connectivity index (χ0v) is 43.7. The first-order valence-electron chi connectivity index (χ1n) is 25.9. The Labute approximate surface area is 414 Å². The number of anilines is 8. The second-order valence-corrected chi connectivity index (χ2v) is 25.1. The summed E-state index contributed by atoms with van der Waals surface area (Å²) in [5.41, 5.74) is 25.3. The third-order valence-electron chi connectivity index (χ3n) is 16.1. The van der Waals surface area contributed by atoms with Crippen LogP contribution < -0.4 is 31.1 Å². The van der Waals surface area contributed by atoms with Crippen molar-refractivity contribution in [1.29, 1.82) is 0 Å². The van der Waals surface area contributed by atoms with Gasteiger partial charge >= 0.3 is 0 Å². The molecule has 3 heterocycles. The molecule has 3 nitrogen and oxygen atoms in total. The van der Waals surface area contributed by atoms with Gasteiger partial charge in [-0.3, -0.25) is 0 Å². The minimum absolute atomic E-state index is 0.0118. The third kappa shape index (κ3) is 7.63. The van der Waals surface area contributed by atoms with Gasteiger partial charge in [0.2, 0.25) is 0 Å². The van der Waals surface area contributed by atoms with Gasteiger partial charge in [0.05, 0.1) is 5.69 Å². The molecular weight excluding hydrogens is 834 g/mol. The molecule has 0 bridgehead atoms. The molecule has 2 atom stereocenters. The van der Waals surface area contributed by atoms with Crippen molar-refractivity contribution in [3.63, 3.8) is 0 Å². The minimum Gasteiger partial charge on any atom is -0.338 e. The predicted octanol–water partition coefficient (Wildman–Crippen LogP) is 16.1. The van der Waals surface area contributed by atoms with Gasteiger partial charge < -0.3 is 14.7 Å². The van der Waals surface area contributed by atoms with Gasteiger partial charge in [0.1, 0.15) is 0 Å². The molecule has 0 saturated heterocycles. The van der Waals surface area contributed by atoms with Gasteiger partial charge in [-0.2, -0.15) is 0 Å². The maximum atomic E-state index is 2.85. The summed E-state index contributed by atoms with van der Waals surface area (Å²) in [6.45, 7) is 30.4. The number of hydrogen-bond acceptors (Lipinski definition) is 3. The van der Waals surface area contributed by atoms with E-state index in [1.165, 1.54) is 109 Å². The van der Waals surface area contributed by atoms with Crippen LogP contribution in [0.1, 0.15) is 148 Å². The number of fused-ring (bicyclic) bond motifs is 7. The van der Waals surface area contributed by atoms with E-state index in [1.54, 1.807) is 5.56 Å². The molecule has 2 unspecified atom stereocenters. The van der Waals surface area contributed by atoms with Gasteiger partial charge in [0.25, 0.3) is 6.71 Å². The fourth-order valence-corrected chi connectivity index (χ4v) is 12.3. The molecule has 0 radical (unpaired) electrons. The molecule has 0 N–H and O–H groups in total. The summed E-state index contributed by atoms with van der Waals surface area (Å²) in [6.07, 6.45) is 5.09. The van der Waals surface area contributed by atoms with Gasteiger partial charge in [-0.15, -0.1) is 0 Å². The van der Waals surface area contributed by atoms with Crippen molar-refractivity contribution >= 4 is 68.6 Å². The molecule has 7 aromatic rings. The minimum atomic E-state index is -0.0212. The molecule has 3 aliphatic heterocycles. The van der Waals surface area contributed by atoms with E-state index in [9.17, 15) is 0 Å². The molecule has 0 amide bonds. The molecule has 69 heavy (non-hydrogen) atoms. The van der Waals surface area contributed by atoms with Crippen LogP contribution in [0, 0.1) is 6.92 Å². The number of rotatable bonds is 5. The van der Waals surface area contributed by atoms with Crippen LogP contribution in [0.5, 0.6) is 0 Å². The molecule has 11 rings (SSSR count).